The molecule has 0 amide bonds. The van der Waals surface area contributed by atoms with Gasteiger partial charge in [-0.05, 0) is 27.6 Å². The molecule has 7 heteroatoms. The van der Waals surface area contributed by atoms with Crippen LogP contribution in [0.25, 0.3) is 0 Å². The van der Waals surface area contributed by atoms with Crippen LogP contribution in [0.4, 0.5) is 11.6 Å². The summed E-state index contributed by atoms with van der Waals surface area (Å²) in [4.78, 5) is 12.4. The predicted octanol–water partition coefficient (Wildman–Crippen LogP) is 2.30. The number of anilines is 2. The van der Waals surface area contributed by atoms with Gasteiger partial charge in [-0.2, -0.15) is 0 Å². The monoisotopic (exact) mass is 323 g/mol. The van der Waals surface area contributed by atoms with Crippen LogP contribution in [-0.2, 0) is 6.54 Å². The molecule has 0 fully saturated rings. The summed E-state index contributed by atoms with van der Waals surface area (Å²) in [5.41, 5.74) is 1.06. The summed E-state index contributed by atoms with van der Waals surface area (Å²) >= 11 is 3.46. The fraction of sp³-hybridized carbons (Fsp3) is 0.250. The lowest BCUT2D eigenvalue weighted by Crippen LogP contribution is -2.05. The van der Waals surface area contributed by atoms with Crippen LogP contribution in [0.2, 0.25) is 0 Å². The van der Waals surface area contributed by atoms with Crippen LogP contribution in [0.3, 0.4) is 0 Å². The van der Waals surface area contributed by atoms with Crippen molar-refractivity contribution < 1.29 is 4.74 Å². The number of aromatic nitrogens is 3. The van der Waals surface area contributed by atoms with Gasteiger partial charge >= 0.3 is 0 Å². The zero-order valence-electron chi connectivity index (χ0n) is 10.6. The Bertz CT molecular complexity index is 564. The average molecular weight is 324 g/mol. The van der Waals surface area contributed by atoms with E-state index in [4.69, 9.17) is 4.74 Å². The molecule has 19 heavy (non-hydrogen) atoms. The molecule has 2 heterocycles. The average Bonchev–Trinajstić information content (AvgIpc) is 2.46. The highest BCUT2D eigenvalue weighted by Crippen LogP contribution is 2.26. The van der Waals surface area contributed by atoms with Crippen molar-refractivity contribution in [1.29, 1.82) is 0 Å². The molecule has 0 atom stereocenters. The van der Waals surface area contributed by atoms with Crippen LogP contribution < -0.4 is 15.4 Å². The van der Waals surface area contributed by atoms with Gasteiger partial charge in [-0.3, -0.25) is 0 Å². The minimum Gasteiger partial charge on any atom is -0.481 e. The zero-order chi connectivity index (χ0) is 13.7. The fourth-order valence-corrected chi connectivity index (χ4v) is 2.07. The first-order valence-electron chi connectivity index (χ1n) is 5.65. The van der Waals surface area contributed by atoms with Crippen molar-refractivity contribution in [2.75, 3.05) is 24.8 Å². The standard InChI is InChI=1S/C12H14BrN5O/c1-14-11-10(13)12(18-7-17-11)16-6-8-3-4-15-9(5-8)19-2/h3-5,7H,6H2,1-2H3,(H2,14,16,17,18). The number of pyridine rings is 1. The molecule has 0 bridgehead atoms. The minimum absolute atomic E-state index is 0.594. The van der Waals surface area contributed by atoms with Crippen molar-refractivity contribution >= 4 is 27.6 Å². The van der Waals surface area contributed by atoms with E-state index in [-0.39, 0.29) is 0 Å². The molecule has 0 unspecified atom stereocenters. The van der Waals surface area contributed by atoms with Crippen molar-refractivity contribution in [3.05, 3.63) is 34.7 Å². The first-order chi connectivity index (χ1) is 9.24. The van der Waals surface area contributed by atoms with Crippen molar-refractivity contribution in [3.8, 4) is 5.88 Å². The van der Waals surface area contributed by atoms with E-state index in [1.807, 2.05) is 19.2 Å². The molecule has 0 spiro atoms. The van der Waals surface area contributed by atoms with Gasteiger partial charge in [0.2, 0.25) is 5.88 Å². The smallest absolute Gasteiger partial charge is 0.213 e. The Morgan fingerprint density at radius 2 is 2.05 bits per heavy atom. The van der Waals surface area contributed by atoms with Gasteiger partial charge in [0.05, 0.1) is 7.11 Å². The molecule has 0 aliphatic carbocycles. The molecule has 0 radical (unpaired) electrons. The normalized spacial score (nSPS) is 10.1. The second kappa shape index (κ2) is 6.33. The molecule has 0 aliphatic rings. The molecule has 2 aromatic heterocycles. The third-order valence-electron chi connectivity index (χ3n) is 2.49. The lowest BCUT2D eigenvalue weighted by molar-refractivity contribution is 0.397. The molecule has 100 valence electrons. The molecular formula is C12H14BrN5O. The summed E-state index contributed by atoms with van der Waals surface area (Å²) in [6, 6.07) is 3.80. The second-order valence-corrected chi connectivity index (χ2v) is 4.49. The van der Waals surface area contributed by atoms with Crippen LogP contribution in [0.15, 0.2) is 29.1 Å². The van der Waals surface area contributed by atoms with E-state index >= 15 is 0 Å². The molecule has 6 nitrogen and oxygen atoms in total. The lowest BCUT2D eigenvalue weighted by atomic mass is 10.2. The lowest BCUT2D eigenvalue weighted by Gasteiger charge is -2.10. The number of halogens is 1. The van der Waals surface area contributed by atoms with Crippen molar-refractivity contribution in [2.45, 2.75) is 6.54 Å². The molecule has 2 rings (SSSR count). The number of hydrogen-bond donors (Lipinski definition) is 2. The maximum absolute atomic E-state index is 5.08. The zero-order valence-corrected chi connectivity index (χ0v) is 12.2. The summed E-state index contributed by atoms with van der Waals surface area (Å²) in [5.74, 6) is 2.07. The second-order valence-electron chi connectivity index (χ2n) is 3.69. The molecule has 0 saturated carbocycles. The summed E-state index contributed by atoms with van der Waals surface area (Å²) < 4.78 is 5.89. The maximum Gasteiger partial charge on any atom is 0.213 e. The van der Waals surface area contributed by atoms with Crippen LogP contribution in [0, 0.1) is 0 Å². The van der Waals surface area contributed by atoms with Crippen molar-refractivity contribution in [3.63, 3.8) is 0 Å². The van der Waals surface area contributed by atoms with E-state index in [2.05, 4.69) is 41.5 Å². The Labute approximate surface area is 119 Å². The van der Waals surface area contributed by atoms with Crippen molar-refractivity contribution in [2.24, 2.45) is 0 Å². The molecule has 0 aliphatic heterocycles. The number of hydrogen-bond acceptors (Lipinski definition) is 6. The van der Waals surface area contributed by atoms with Gasteiger partial charge in [-0.15, -0.1) is 0 Å². The third kappa shape index (κ3) is 3.31. The summed E-state index contributed by atoms with van der Waals surface area (Å²) in [7, 11) is 3.41. The summed E-state index contributed by atoms with van der Waals surface area (Å²) in [6.07, 6.45) is 3.22. The highest BCUT2D eigenvalue weighted by molar-refractivity contribution is 9.10. The Balaban J connectivity index is 2.10. The van der Waals surface area contributed by atoms with Gasteiger partial charge in [-0.1, -0.05) is 0 Å². The van der Waals surface area contributed by atoms with Gasteiger partial charge < -0.3 is 15.4 Å². The van der Waals surface area contributed by atoms with Crippen LogP contribution >= 0.6 is 15.9 Å². The summed E-state index contributed by atoms with van der Waals surface area (Å²) in [5, 5.41) is 6.22. The number of nitrogens with one attached hydrogen (secondary N) is 2. The molecule has 2 aromatic rings. The first-order valence-corrected chi connectivity index (χ1v) is 6.45. The maximum atomic E-state index is 5.08. The SMILES string of the molecule is CNc1ncnc(NCc2ccnc(OC)c2)c1Br. The van der Waals surface area contributed by atoms with Gasteiger partial charge in [0.1, 0.15) is 22.4 Å². The fourth-order valence-electron chi connectivity index (χ4n) is 1.53. The van der Waals surface area contributed by atoms with E-state index in [1.165, 1.54) is 6.33 Å². The number of nitrogens with zero attached hydrogens (tertiary/aromatic N) is 3. The highest BCUT2D eigenvalue weighted by atomic mass is 79.9. The predicted molar refractivity (Wildman–Crippen MR) is 77.4 cm³/mol. The van der Waals surface area contributed by atoms with E-state index < -0.39 is 0 Å². The van der Waals surface area contributed by atoms with E-state index in [9.17, 15) is 0 Å². The number of ether oxygens (including phenoxy) is 1. The van der Waals surface area contributed by atoms with E-state index in [1.54, 1.807) is 13.3 Å². The largest absolute Gasteiger partial charge is 0.481 e. The quantitative estimate of drug-likeness (QED) is 0.879. The van der Waals surface area contributed by atoms with Gasteiger partial charge in [0, 0.05) is 25.9 Å². The van der Waals surface area contributed by atoms with Crippen LogP contribution in [0.1, 0.15) is 5.56 Å². The highest BCUT2D eigenvalue weighted by Gasteiger charge is 2.07. The van der Waals surface area contributed by atoms with E-state index in [0.29, 0.717) is 12.4 Å². The minimum atomic E-state index is 0.594. The molecule has 0 saturated heterocycles. The number of methoxy groups -OCH3 is 1. The molecule has 0 aromatic carbocycles. The number of rotatable bonds is 5. The topological polar surface area (TPSA) is 72.0 Å². The third-order valence-corrected chi connectivity index (χ3v) is 3.25. The van der Waals surface area contributed by atoms with Gasteiger partial charge in [-0.25, -0.2) is 15.0 Å². The Hall–Kier alpha value is -1.89. The summed E-state index contributed by atoms with van der Waals surface area (Å²) in [6.45, 7) is 0.623. The Kier molecular flexibility index (Phi) is 4.51. The van der Waals surface area contributed by atoms with Gasteiger partial charge in [0.25, 0.3) is 0 Å². The van der Waals surface area contributed by atoms with Gasteiger partial charge in [0.15, 0.2) is 0 Å². The Morgan fingerprint density at radius 1 is 1.26 bits per heavy atom. The Morgan fingerprint density at radius 3 is 2.79 bits per heavy atom. The molecular weight excluding hydrogens is 310 g/mol. The van der Waals surface area contributed by atoms with Crippen LogP contribution in [-0.4, -0.2) is 29.1 Å². The van der Waals surface area contributed by atoms with Crippen LogP contribution in [0.5, 0.6) is 5.88 Å². The first kappa shape index (κ1) is 13.5. The van der Waals surface area contributed by atoms with E-state index in [0.717, 1.165) is 21.7 Å². The molecule has 2 N–H and O–H groups in total. The van der Waals surface area contributed by atoms with Crippen molar-refractivity contribution in [1.82, 2.24) is 15.0 Å².